The van der Waals surface area contributed by atoms with Gasteiger partial charge in [0.1, 0.15) is 11.8 Å². The average molecular weight is 445 g/mol. The Bertz CT molecular complexity index is 930. The molecule has 0 heterocycles. The molecule has 0 aliphatic carbocycles. The van der Waals surface area contributed by atoms with Crippen LogP contribution in [0.25, 0.3) is 0 Å². The minimum absolute atomic E-state index is 0.223. The highest BCUT2D eigenvalue weighted by Crippen LogP contribution is 2.28. The molecule has 0 unspecified atom stereocenters. The Morgan fingerprint density at radius 1 is 1.18 bits per heavy atom. The SMILES string of the molecule is CCOc1cccc(CNC(=O)[C@@H](C)N(c2cc(Cl)cc(Cl)c2)S(C)(=O)=O)c1. The first-order valence-corrected chi connectivity index (χ1v) is 11.2. The van der Waals surface area contributed by atoms with Gasteiger partial charge in [-0.3, -0.25) is 9.10 Å². The van der Waals surface area contributed by atoms with Gasteiger partial charge in [0.05, 0.1) is 18.6 Å². The molecule has 152 valence electrons. The number of carbonyl (C=O) groups is 1. The molecule has 0 saturated carbocycles. The van der Waals surface area contributed by atoms with Gasteiger partial charge in [-0.1, -0.05) is 35.3 Å². The van der Waals surface area contributed by atoms with E-state index in [9.17, 15) is 13.2 Å². The van der Waals surface area contributed by atoms with Crippen molar-refractivity contribution in [2.45, 2.75) is 26.4 Å². The van der Waals surface area contributed by atoms with E-state index in [0.29, 0.717) is 12.4 Å². The number of anilines is 1. The molecule has 0 aliphatic rings. The van der Waals surface area contributed by atoms with Crippen LogP contribution in [-0.4, -0.2) is 33.2 Å². The number of hydrogen-bond donors (Lipinski definition) is 1. The average Bonchev–Trinajstić information content (AvgIpc) is 2.58. The highest BCUT2D eigenvalue weighted by atomic mass is 35.5. The van der Waals surface area contributed by atoms with Gasteiger partial charge in [-0.15, -0.1) is 0 Å². The van der Waals surface area contributed by atoms with E-state index >= 15 is 0 Å². The monoisotopic (exact) mass is 444 g/mol. The minimum atomic E-state index is -3.76. The second-order valence-corrected chi connectivity index (χ2v) is 8.89. The van der Waals surface area contributed by atoms with Crippen LogP contribution in [0.15, 0.2) is 42.5 Å². The molecule has 0 aliphatic heterocycles. The molecule has 1 atom stereocenters. The predicted molar refractivity (Wildman–Crippen MR) is 113 cm³/mol. The van der Waals surface area contributed by atoms with E-state index in [-0.39, 0.29) is 22.3 Å². The van der Waals surface area contributed by atoms with Gasteiger partial charge in [0.2, 0.25) is 15.9 Å². The van der Waals surface area contributed by atoms with E-state index in [0.717, 1.165) is 16.1 Å². The summed E-state index contributed by atoms with van der Waals surface area (Å²) < 4.78 is 31.1. The van der Waals surface area contributed by atoms with Crippen LogP contribution in [0.2, 0.25) is 10.0 Å². The van der Waals surface area contributed by atoms with Crippen molar-refractivity contribution in [3.8, 4) is 5.75 Å². The standard InChI is InChI=1S/C19H22Cl2N2O4S/c1-4-27-18-7-5-6-14(8-18)12-22-19(24)13(2)23(28(3,25)26)17-10-15(20)9-16(21)11-17/h5-11,13H,4,12H2,1-3H3,(H,22,24)/t13-/m1/s1. The Labute approximate surface area is 175 Å². The number of rotatable bonds is 8. The zero-order chi connectivity index (χ0) is 20.9. The van der Waals surface area contributed by atoms with E-state index in [4.69, 9.17) is 27.9 Å². The van der Waals surface area contributed by atoms with Gasteiger partial charge in [-0.05, 0) is 49.7 Å². The fourth-order valence-electron chi connectivity index (χ4n) is 2.72. The molecule has 1 amide bonds. The molecule has 6 nitrogen and oxygen atoms in total. The van der Waals surface area contributed by atoms with Crippen molar-refractivity contribution in [2.75, 3.05) is 17.2 Å². The molecule has 0 aromatic heterocycles. The molecule has 0 spiro atoms. The van der Waals surface area contributed by atoms with Crippen molar-refractivity contribution in [3.63, 3.8) is 0 Å². The molecule has 1 N–H and O–H groups in total. The van der Waals surface area contributed by atoms with E-state index in [1.54, 1.807) is 0 Å². The normalized spacial score (nSPS) is 12.3. The summed E-state index contributed by atoms with van der Waals surface area (Å²) in [5.41, 5.74) is 1.06. The molecular formula is C19H22Cl2N2O4S. The maximum Gasteiger partial charge on any atom is 0.243 e. The summed E-state index contributed by atoms with van der Waals surface area (Å²) >= 11 is 12.0. The van der Waals surface area contributed by atoms with Crippen LogP contribution in [0.5, 0.6) is 5.75 Å². The Hall–Kier alpha value is -1.96. The van der Waals surface area contributed by atoms with Crippen LogP contribution < -0.4 is 14.4 Å². The Kier molecular flexibility index (Phi) is 7.57. The lowest BCUT2D eigenvalue weighted by molar-refractivity contribution is -0.122. The molecule has 2 rings (SSSR count). The maximum absolute atomic E-state index is 12.6. The topological polar surface area (TPSA) is 75.7 Å². The molecular weight excluding hydrogens is 423 g/mol. The number of amides is 1. The summed E-state index contributed by atoms with van der Waals surface area (Å²) in [6.45, 7) is 4.16. The molecule has 0 fully saturated rings. The van der Waals surface area contributed by atoms with E-state index in [2.05, 4.69) is 5.32 Å². The van der Waals surface area contributed by atoms with Gasteiger partial charge in [0.15, 0.2) is 0 Å². The number of halogens is 2. The Balaban J connectivity index is 2.19. The lowest BCUT2D eigenvalue weighted by Gasteiger charge is -2.28. The number of nitrogens with zero attached hydrogens (tertiary/aromatic N) is 1. The van der Waals surface area contributed by atoms with Crippen LogP contribution in [0.1, 0.15) is 19.4 Å². The second-order valence-electron chi connectivity index (χ2n) is 6.16. The van der Waals surface area contributed by atoms with Crippen LogP contribution in [-0.2, 0) is 21.4 Å². The minimum Gasteiger partial charge on any atom is -0.494 e. The number of carbonyl (C=O) groups excluding carboxylic acids is 1. The summed E-state index contributed by atoms with van der Waals surface area (Å²) in [5, 5.41) is 3.30. The number of ether oxygens (including phenoxy) is 1. The third kappa shape index (κ3) is 6.02. The highest BCUT2D eigenvalue weighted by molar-refractivity contribution is 7.92. The van der Waals surface area contributed by atoms with Crippen molar-refractivity contribution >= 4 is 44.8 Å². The number of benzene rings is 2. The lowest BCUT2D eigenvalue weighted by Crippen LogP contribution is -2.47. The quantitative estimate of drug-likeness (QED) is 0.670. The van der Waals surface area contributed by atoms with Crippen LogP contribution in [0, 0.1) is 0 Å². The number of sulfonamides is 1. The molecule has 0 radical (unpaired) electrons. The van der Waals surface area contributed by atoms with E-state index in [1.807, 2.05) is 31.2 Å². The predicted octanol–water partition coefficient (Wildman–Crippen LogP) is 3.86. The molecule has 0 bridgehead atoms. The molecule has 9 heteroatoms. The maximum atomic E-state index is 12.6. The smallest absolute Gasteiger partial charge is 0.243 e. The first-order chi connectivity index (χ1) is 13.1. The summed E-state index contributed by atoms with van der Waals surface area (Å²) in [6, 6.07) is 10.7. The number of nitrogens with one attached hydrogen (secondary N) is 1. The van der Waals surface area contributed by atoms with Crippen molar-refractivity contribution in [2.24, 2.45) is 0 Å². The van der Waals surface area contributed by atoms with Crippen molar-refractivity contribution < 1.29 is 17.9 Å². The van der Waals surface area contributed by atoms with Crippen LogP contribution in [0.4, 0.5) is 5.69 Å². The Morgan fingerprint density at radius 3 is 2.39 bits per heavy atom. The van der Waals surface area contributed by atoms with Crippen molar-refractivity contribution in [1.29, 1.82) is 0 Å². The van der Waals surface area contributed by atoms with Crippen LogP contribution in [0.3, 0.4) is 0 Å². The van der Waals surface area contributed by atoms with Gasteiger partial charge >= 0.3 is 0 Å². The fraction of sp³-hybridized carbons (Fsp3) is 0.316. The fourth-order valence-corrected chi connectivity index (χ4v) is 4.40. The van der Waals surface area contributed by atoms with Crippen molar-refractivity contribution in [3.05, 3.63) is 58.1 Å². The summed E-state index contributed by atoms with van der Waals surface area (Å²) in [5.74, 6) is 0.247. The summed E-state index contributed by atoms with van der Waals surface area (Å²) in [6.07, 6.45) is 1.02. The number of hydrogen-bond acceptors (Lipinski definition) is 4. The molecule has 0 saturated heterocycles. The third-order valence-corrected chi connectivity index (χ3v) is 5.54. The first kappa shape index (κ1) is 22.3. The van der Waals surface area contributed by atoms with Gasteiger partial charge < -0.3 is 10.1 Å². The highest BCUT2D eigenvalue weighted by Gasteiger charge is 2.29. The molecule has 2 aromatic rings. The van der Waals surface area contributed by atoms with Crippen molar-refractivity contribution in [1.82, 2.24) is 5.32 Å². The zero-order valence-corrected chi connectivity index (χ0v) is 18.1. The Morgan fingerprint density at radius 2 is 1.82 bits per heavy atom. The second kappa shape index (κ2) is 9.49. The van der Waals surface area contributed by atoms with Gasteiger partial charge in [0.25, 0.3) is 0 Å². The molecule has 28 heavy (non-hydrogen) atoms. The first-order valence-electron chi connectivity index (χ1n) is 8.56. The van der Waals surface area contributed by atoms with Gasteiger partial charge in [0, 0.05) is 16.6 Å². The van der Waals surface area contributed by atoms with Gasteiger partial charge in [-0.25, -0.2) is 8.42 Å². The van der Waals surface area contributed by atoms with E-state index in [1.165, 1.54) is 25.1 Å². The van der Waals surface area contributed by atoms with Crippen LogP contribution >= 0.6 is 23.2 Å². The van der Waals surface area contributed by atoms with E-state index < -0.39 is 22.0 Å². The summed E-state index contributed by atoms with van der Waals surface area (Å²) in [7, 11) is -3.76. The van der Waals surface area contributed by atoms with Gasteiger partial charge in [-0.2, -0.15) is 0 Å². The summed E-state index contributed by atoms with van der Waals surface area (Å²) in [4.78, 5) is 12.6. The zero-order valence-electron chi connectivity index (χ0n) is 15.8. The lowest BCUT2D eigenvalue weighted by atomic mass is 10.2. The largest absolute Gasteiger partial charge is 0.494 e. The third-order valence-electron chi connectivity index (χ3n) is 3.87. The molecule has 2 aromatic carbocycles.